The van der Waals surface area contributed by atoms with Crippen molar-refractivity contribution in [3.63, 3.8) is 0 Å². The van der Waals surface area contributed by atoms with Crippen LogP contribution in [0.1, 0.15) is 12.0 Å². The number of aliphatic carboxylic acids is 2. The predicted molar refractivity (Wildman–Crippen MR) is 95.6 cm³/mol. The number of carboxylic acids is 2. The average Bonchev–Trinajstić information content (AvgIpc) is 2.85. The largest absolute Gasteiger partial charge is 0.550 e. The van der Waals surface area contributed by atoms with E-state index >= 15 is 0 Å². The van der Waals surface area contributed by atoms with Gasteiger partial charge < -0.3 is 24.5 Å². The number of ether oxygens (including phenoxy) is 1. The first-order chi connectivity index (χ1) is 12.3. The topological polar surface area (TPSA) is 110 Å². The third kappa shape index (κ3) is 4.50. The lowest BCUT2D eigenvalue weighted by atomic mass is 10.1. The van der Waals surface area contributed by atoms with Crippen molar-refractivity contribution in [2.24, 2.45) is 0 Å². The maximum Gasteiger partial charge on any atom is 0.266 e. The van der Waals surface area contributed by atoms with Crippen LogP contribution in [0.15, 0.2) is 41.8 Å². The monoisotopic (exact) mass is 391 g/mol. The van der Waals surface area contributed by atoms with E-state index in [1.165, 1.54) is 6.08 Å². The van der Waals surface area contributed by atoms with E-state index in [1.807, 2.05) is 0 Å². The fourth-order valence-electron chi connectivity index (χ4n) is 2.21. The number of nitrogens with zero attached hydrogens (tertiary/aromatic N) is 1. The number of amides is 1. The van der Waals surface area contributed by atoms with Crippen LogP contribution in [0, 0.1) is 0 Å². The van der Waals surface area contributed by atoms with Gasteiger partial charge in [0.15, 0.2) is 0 Å². The highest BCUT2D eigenvalue weighted by Gasteiger charge is 2.37. The SMILES string of the molecule is C=CCOc1ccccc1/C=C1\SC(=S)N([C@@H](CC(=O)[O-])C(=O)[O-])C1=O. The number of carbonyl (C=O) groups is 3. The van der Waals surface area contributed by atoms with Crippen molar-refractivity contribution in [2.75, 3.05) is 6.61 Å². The van der Waals surface area contributed by atoms with Gasteiger partial charge in [0.1, 0.15) is 16.7 Å². The zero-order valence-electron chi connectivity index (χ0n) is 13.4. The molecule has 0 aliphatic carbocycles. The first-order valence-corrected chi connectivity index (χ1v) is 8.58. The Labute approximate surface area is 158 Å². The molecule has 1 aromatic rings. The lowest BCUT2D eigenvalue weighted by Gasteiger charge is -2.27. The molecule has 1 aliphatic rings. The zero-order chi connectivity index (χ0) is 19.3. The van der Waals surface area contributed by atoms with Crippen molar-refractivity contribution in [3.05, 3.63) is 47.4 Å². The fourth-order valence-corrected chi connectivity index (χ4v) is 3.56. The van der Waals surface area contributed by atoms with Gasteiger partial charge >= 0.3 is 0 Å². The highest BCUT2D eigenvalue weighted by atomic mass is 32.2. The first-order valence-electron chi connectivity index (χ1n) is 7.35. The van der Waals surface area contributed by atoms with Crippen molar-refractivity contribution < 1.29 is 29.3 Å². The molecule has 0 bridgehead atoms. The molecule has 26 heavy (non-hydrogen) atoms. The van der Waals surface area contributed by atoms with Gasteiger partial charge in [0.25, 0.3) is 5.91 Å². The maximum atomic E-state index is 12.6. The Morgan fingerprint density at radius 3 is 2.65 bits per heavy atom. The maximum absolute atomic E-state index is 12.6. The van der Waals surface area contributed by atoms with Crippen LogP contribution in [-0.4, -0.2) is 39.7 Å². The van der Waals surface area contributed by atoms with E-state index in [4.69, 9.17) is 17.0 Å². The summed E-state index contributed by atoms with van der Waals surface area (Å²) >= 11 is 5.91. The highest BCUT2D eigenvalue weighted by Crippen LogP contribution is 2.35. The highest BCUT2D eigenvalue weighted by molar-refractivity contribution is 8.26. The third-order valence-electron chi connectivity index (χ3n) is 3.33. The van der Waals surface area contributed by atoms with Gasteiger partial charge in [0.2, 0.25) is 0 Å². The summed E-state index contributed by atoms with van der Waals surface area (Å²) in [6.45, 7) is 3.83. The molecule has 0 unspecified atom stereocenters. The quantitative estimate of drug-likeness (QED) is 0.338. The van der Waals surface area contributed by atoms with Crippen LogP contribution in [0.5, 0.6) is 5.75 Å². The number of hydrogen-bond acceptors (Lipinski definition) is 8. The molecule has 0 aromatic heterocycles. The number of rotatable bonds is 8. The lowest BCUT2D eigenvalue weighted by molar-refractivity contribution is -0.319. The summed E-state index contributed by atoms with van der Waals surface area (Å²) in [5.74, 6) is -3.56. The second kappa shape index (κ2) is 8.63. The molecule has 9 heteroatoms. The molecule has 0 spiro atoms. The van der Waals surface area contributed by atoms with Crippen molar-refractivity contribution in [2.45, 2.75) is 12.5 Å². The van der Waals surface area contributed by atoms with Crippen LogP contribution in [0.25, 0.3) is 6.08 Å². The predicted octanol–water partition coefficient (Wildman–Crippen LogP) is -0.289. The van der Waals surface area contributed by atoms with Gasteiger partial charge in [0.05, 0.1) is 16.9 Å². The molecule has 1 fully saturated rings. The van der Waals surface area contributed by atoms with Gasteiger partial charge in [-0.3, -0.25) is 9.69 Å². The van der Waals surface area contributed by atoms with E-state index in [2.05, 4.69) is 6.58 Å². The van der Waals surface area contributed by atoms with E-state index in [0.29, 0.717) is 11.3 Å². The van der Waals surface area contributed by atoms with Gasteiger partial charge in [-0.1, -0.05) is 54.8 Å². The number of carbonyl (C=O) groups excluding carboxylic acids is 3. The van der Waals surface area contributed by atoms with E-state index in [-0.39, 0.29) is 15.8 Å². The van der Waals surface area contributed by atoms with Crippen molar-refractivity contribution in [3.8, 4) is 5.75 Å². The van der Waals surface area contributed by atoms with E-state index in [0.717, 1.165) is 16.7 Å². The van der Waals surface area contributed by atoms with Crippen LogP contribution in [-0.2, 0) is 14.4 Å². The molecule has 1 aliphatic heterocycles. The van der Waals surface area contributed by atoms with Crippen LogP contribution in [0.4, 0.5) is 0 Å². The molecule has 0 N–H and O–H groups in total. The average molecular weight is 391 g/mol. The third-order valence-corrected chi connectivity index (χ3v) is 4.66. The summed E-state index contributed by atoms with van der Waals surface area (Å²) in [5.41, 5.74) is 0.583. The Morgan fingerprint density at radius 2 is 2.04 bits per heavy atom. The molecule has 1 amide bonds. The summed E-state index contributed by atoms with van der Waals surface area (Å²) in [6.07, 6.45) is 2.16. The van der Waals surface area contributed by atoms with Crippen LogP contribution < -0.4 is 14.9 Å². The van der Waals surface area contributed by atoms with Crippen molar-refractivity contribution in [1.82, 2.24) is 4.90 Å². The Hall–Kier alpha value is -2.65. The first kappa shape index (κ1) is 19.7. The number of hydrogen-bond donors (Lipinski definition) is 0. The number of thioether (sulfide) groups is 1. The molecule has 0 radical (unpaired) electrons. The summed E-state index contributed by atoms with van der Waals surface area (Å²) in [5, 5.41) is 22.0. The van der Waals surface area contributed by atoms with Crippen LogP contribution in [0.2, 0.25) is 0 Å². The van der Waals surface area contributed by atoms with Gasteiger partial charge in [-0.15, -0.1) is 0 Å². The number of para-hydroxylation sites is 1. The summed E-state index contributed by atoms with van der Waals surface area (Å²) in [7, 11) is 0. The lowest BCUT2D eigenvalue weighted by Crippen LogP contribution is -2.52. The molecule has 1 saturated heterocycles. The van der Waals surface area contributed by atoms with Gasteiger partial charge in [-0.25, -0.2) is 0 Å². The minimum absolute atomic E-state index is 0.0683. The molecule has 0 saturated carbocycles. The number of carboxylic acid groups (broad SMARTS) is 2. The Balaban J connectivity index is 2.33. The molecule has 2 rings (SSSR count). The Kier molecular flexibility index (Phi) is 6.53. The Morgan fingerprint density at radius 1 is 1.35 bits per heavy atom. The number of benzene rings is 1. The molecule has 1 atom stereocenters. The Bertz CT molecular complexity index is 804. The second-order valence-electron chi connectivity index (χ2n) is 5.10. The smallest absolute Gasteiger partial charge is 0.266 e. The second-order valence-corrected chi connectivity index (χ2v) is 6.78. The van der Waals surface area contributed by atoms with Crippen molar-refractivity contribution in [1.29, 1.82) is 0 Å². The minimum atomic E-state index is -1.73. The molecular formula is C17H13NO6S2-2. The molecule has 1 aromatic carbocycles. The fraction of sp³-hybridized carbons (Fsp3) is 0.176. The van der Waals surface area contributed by atoms with Crippen LogP contribution >= 0.6 is 24.0 Å². The summed E-state index contributed by atoms with van der Waals surface area (Å²) in [4.78, 5) is 35.4. The van der Waals surface area contributed by atoms with Gasteiger partial charge in [0, 0.05) is 18.0 Å². The molecule has 7 nitrogen and oxygen atoms in total. The summed E-state index contributed by atoms with van der Waals surface area (Å²) < 4.78 is 5.44. The van der Waals surface area contributed by atoms with Crippen LogP contribution in [0.3, 0.4) is 0 Å². The number of thiocarbonyl (C=S) groups is 1. The zero-order valence-corrected chi connectivity index (χ0v) is 15.0. The standard InChI is InChI=1S/C17H15NO6S2/c1-2-7-24-12-6-4-3-5-10(12)8-13-15(21)18(17(25)26-13)11(16(22)23)9-14(19)20/h2-6,8,11H,1,7,9H2,(H,19,20)(H,22,23)/p-2/b13-8-/t11-/m0/s1. The van der Waals surface area contributed by atoms with E-state index in [1.54, 1.807) is 30.3 Å². The molecular weight excluding hydrogens is 378 g/mol. The molecule has 136 valence electrons. The van der Waals surface area contributed by atoms with Gasteiger partial charge in [-0.05, 0) is 12.1 Å². The van der Waals surface area contributed by atoms with E-state index < -0.39 is 30.3 Å². The van der Waals surface area contributed by atoms with Gasteiger partial charge in [-0.2, -0.15) is 0 Å². The van der Waals surface area contributed by atoms with E-state index in [9.17, 15) is 24.6 Å². The van der Waals surface area contributed by atoms with Crippen molar-refractivity contribution >= 4 is 52.2 Å². The molecule has 1 heterocycles. The summed E-state index contributed by atoms with van der Waals surface area (Å²) in [6, 6.07) is 5.18. The minimum Gasteiger partial charge on any atom is -0.550 e. The normalized spacial score (nSPS) is 16.6.